The Bertz CT molecular complexity index is 1730. The van der Waals surface area contributed by atoms with Crippen molar-refractivity contribution < 1.29 is 49.0 Å². The molecule has 0 unspecified atom stereocenters. The molecule has 15 heteroatoms. The zero-order valence-electron chi connectivity index (χ0n) is 24.3. The maximum absolute atomic E-state index is 13.5. The van der Waals surface area contributed by atoms with Gasteiger partial charge in [-0.1, -0.05) is 35.9 Å². The van der Waals surface area contributed by atoms with Crippen molar-refractivity contribution in [2.24, 2.45) is 20.4 Å². The monoisotopic (exact) mass is 666 g/mol. The number of aryl methyl sites for hydroxylation is 1. The van der Waals surface area contributed by atoms with E-state index in [9.17, 15) is 39.5 Å². The van der Waals surface area contributed by atoms with E-state index in [-0.39, 0.29) is 11.1 Å². The van der Waals surface area contributed by atoms with Crippen LogP contribution in [0.3, 0.4) is 0 Å². The van der Waals surface area contributed by atoms with Gasteiger partial charge in [-0.3, -0.25) is 0 Å². The van der Waals surface area contributed by atoms with Crippen LogP contribution in [-0.2, 0) is 6.18 Å². The fraction of sp³-hybridized carbons (Fsp3) is 0.125. The van der Waals surface area contributed by atoms with Crippen molar-refractivity contribution in [3.8, 4) is 11.5 Å². The van der Waals surface area contributed by atoms with Gasteiger partial charge in [-0.05, 0) is 72.1 Å². The van der Waals surface area contributed by atoms with E-state index < -0.39 is 41.3 Å². The van der Waals surface area contributed by atoms with Gasteiger partial charge in [-0.2, -0.15) is 33.6 Å². The Labute approximate surface area is 262 Å². The summed E-state index contributed by atoms with van der Waals surface area (Å²) in [6.45, 7) is 1.96. The minimum absolute atomic E-state index is 0.114. The lowest BCUT2D eigenvalue weighted by Gasteiger charge is -2.10. The highest BCUT2D eigenvalue weighted by Crippen LogP contribution is 2.31. The summed E-state index contributed by atoms with van der Waals surface area (Å²) >= 11 is 0. The number of hydrogen-bond donors (Lipinski definition) is 0. The normalized spacial score (nSPS) is 12.2. The standard InChI is InChI=1S/C16H11F5N2O2.C16H12F4N2/c1-24-12-4-2-10(3-5-12)8-22-23-9-11-6-13(17)15(14(18)7-11)25-16(19,20)21;1-11-2-4-12(5-3-11)9-21-22-10-13-6-7-14(15(17)8-13)16(18,19)20/h2-9H,1H3;2-10H,1H3/b22-8+,23-9-;21-9+,22-10+. The fourth-order valence-corrected chi connectivity index (χ4v) is 3.45. The molecule has 0 atom stereocenters. The molecule has 0 aliphatic heterocycles. The quantitative estimate of drug-likeness (QED) is 0.107. The van der Waals surface area contributed by atoms with Crippen molar-refractivity contribution in [2.75, 3.05) is 7.11 Å². The lowest BCUT2D eigenvalue weighted by molar-refractivity contribution is -0.276. The summed E-state index contributed by atoms with van der Waals surface area (Å²) in [6, 6.07) is 18.2. The van der Waals surface area contributed by atoms with E-state index in [0.29, 0.717) is 29.5 Å². The molecular weight excluding hydrogens is 643 g/mol. The first kappa shape index (κ1) is 36.0. The van der Waals surface area contributed by atoms with E-state index in [4.69, 9.17) is 4.74 Å². The molecule has 0 bridgehead atoms. The summed E-state index contributed by atoms with van der Waals surface area (Å²) in [5.74, 6) is -5.20. The molecule has 0 saturated heterocycles. The predicted molar refractivity (Wildman–Crippen MR) is 159 cm³/mol. The van der Waals surface area contributed by atoms with Gasteiger partial charge < -0.3 is 9.47 Å². The van der Waals surface area contributed by atoms with Crippen LogP contribution in [0.4, 0.5) is 39.5 Å². The van der Waals surface area contributed by atoms with Gasteiger partial charge in [-0.15, -0.1) is 13.2 Å². The van der Waals surface area contributed by atoms with Crippen LogP contribution in [0.15, 0.2) is 99.3 Å². The van der Waals surface area contributed by atoms with Crippen molar-refractivity contribution in [1.29, 1.82) is 0 Å². The maximum atomic E-state index is 13.5. The Morgan fingerprint density at radius 1 is 0.553 bits per heavy atom. The Kier molecular flexibility index (Phi) is 12.4. The largest absolute Gasteiger partial charge is 0.573 e. The smallest absolute Gasteiger partial charge is 0.497 e. The summed E-state index contributed by atoms with van der Waals surface area (Å²) in [5.41, 5.74) is 1.43. The number of hydrogen-bond acceptors (Lipinski definition) is 6. The van der Waals surface area contributed by atoms with Crippen molar-refractivity contribution in [3.05, 3.63) is 130 Å². The van der Waals surface area contributed by atoms with Crippen LogP contribution in [-0.4, -0.2) is 38.3 Å². The van der Waals surface area contributed by atoms with E-state index >= 15 is 0 Å². The Morgan fingerprint density at radius 2 is 0.979 bits per heavy atom. The molecule has 6 nitrogen and oxygen atoms in total. The van der Waals surface area contributed by atoms with Crippen LogP contribution in [0.25, 0.3) is 0 Å². The predicted octanol–water partition coefficient (Wildman–Crippen LogP) is 8.93. The van der Waals surface area contributed by atoms with E-state index in [1.54, 1.807) is 24.3 Å². The molecule has 0 heterocycles. The molecule has 0 fully saturated rings. The van der Waals surface area contributed by atoms with Crippen LogP contribution in [0.1, 0.15) is 33.4 Å². The minimum Gasteiger partial charge on any atom is -0.497 e. The minimum atomic E-state index is -5.19. The fourth-order valence-electron chi connectivity index (χ4n) is 3.45. The number of nitrogens with zero attached hydrogens (tertiary/aromatic N) is 4. The van der Waals surface area contributed by atoms with Crippen LogP contribution in [0, 0.1) is 24.4 Å². The molecule has 4 aromatic carbocycles. The lowest BCUT2D eigenvalue weighted by atomic mass is 10.1. The van der Waals surface area contributed by atoms with Gasteiger partial charge in [0.25, 0.3) is 0 Å². The second kappa shape index (κ2) is 16.2. The Morgan fingerprint density at radius 3 is 1.43 bits per heavy atom. The molecule has 4 aromatic rings. The van der Waals surface area contributed by atoms with Crippen molar-refractivity contribution in [3.63, 3.8) is 0 Å². The van der Waals surface area contributed by atoms with Gasteiger partial charge in [0.2, 0.25) is 5.75 Å². The van der Waals surface area contributed by atoms with Gasteiger partial charge in [-0.25, -0.2) is 13.2 Å². The maximum Gasteiger partial charge on any atom is 0.573 e. The van der Waals surface area contributed by atoms with Crippen molar-refractivity contribution >= 4 is 24.9 Å². The van der Waals surface area contributed by atoms with Crippen molar-refractivity contribution in [1.82, 2.24) is 0 Å². The highest BCUT2D eigenvalue weighted by Gasteiger charge is 2.34. The molecule has 0 aromatic heterocycles. The highest BCUT2D eigenvalue weighted by atomic mass is 19.4. The first-order valence-corrected chi connectivity index (χ1v) is 13.1. The molecule has 0 amide bonds. The first-order chi connectivity index (χ1) is 22.1. The van der Waals surface area contributed by atoms with Crippen LogP contribution in [0.2, 0.25) is 0 Å². The van der Waals surface area contributed by atoms with Gasteiger partial charge >= 0.3 is 12.5 Å². The third-order valence-electron chi connectivity index (χ3n) is 5.69. The molecular formula is C32H23F9N4O2. The zero-order chi connectivity index (χ0) is 34.6. The second-order valence-corrected chi connectivity index (χ2v) is 9.26. The molecule has 0 aliphatic carbocycles. The SMILES string of the molecule is COc1ccc(/C=N/N=C\c2cc(F)c(OC(F)(F)F)c(F)c2)cc1.Cc1ccc(/C=N/N=C/c2ccc(C(F)(F)F)c(F)c2)cc1. The number of alkyl halides is 6. The average Bonchev–Trinajstić information content (AvgIpc) is 3.00. The first-order valence-electron chi connectivity index (χ1n) is 13.1. The molecule has 0 spiro atoms. The number of halogens is 9. The number of ether oxygens (including phenoxy) is 2. The third kappa shape index (κ3) is 12.1. The van der Waals surface area contributed by atoms with E-state index in [0.717, 1.165) is 29.5 Å². The van der Waals surface area contributed by atoms with Gasteiger partial charge in [0.05, 0.1) is 37.5 Å². The summed E-state index contributed by atoms with van der Waals surface area (Å²) in [4.78, 5) is 0. The molecule has 0 saturated carbocycles. The van der Waals surface area contributed by atoms with Crippen LogP contribution in [0.5, 0.6) is 11.5 Å². The van der Waals surface area contributed by atoms with Crippen LogP contribution < -0.4 is 9.47 Å². The van der Waals surface area contributed by atoms with E-state index in [1.807, 2.05) is 31.2 Å². The van der Waals surface area contributed by atoms with E-state index in [1.165, 1.54) is 25.8 Å². The zero-order valence-corrected chi connectivity index (χ0v) is 24.3. The van der Waals surface area contributed by atoms with Gasteiger partial charge in [0.15, 0.2) is 11.6 Å². The van der Waals surface area contributed by atoms with Crippen molar-refractivity contribution in [2.45, 2.75) is 19.5 Å². The molecule has 0 radical (unpaired) electrons. The number of rotatable bonds is 8. The number of benzene rings is 4. The molecule has 4 rings (SSSR count). The average molecular weight is 667 g/mol. The molecule has 0 aliphatic rings. The van der Waals surface area contributed by atoms with Gasteiger partial charge in [0.1, 0.15) is 11.6 Å². The Hall–Kier alpha value is -5.47. The summed E-state index contributed by atoms with van der Waals surface area (Å²) in [5, 5.41) is 14.7. The molecule has 0 N–H and O–H groups in total. The van der Waals surface area contributed by atoms with Crippen LogP contribution >= 0.6 is 0 Å². The van der Waals surface area contributed by atoms with Gasteiger partial charge in [0, 0.05) is 5.56 Å². The highest BCUT2D eigenvalue weighted by molar-refractivity contribution is 5.83. The van der Waals surface area contributed by atoms with E-state index in [2.05, 4.69) is 25.1 Å². The Balaban J connectivity index is 0.000000257. The lowest BCUT2D eigenvalue weighted by Crippen LogP contribution is -2.19. The molecule has 47 heavy (non-hydrogen) atoms. The summed E-state index contributed by atoms with van der Waals surface area (Å²) < 4.78 is 122. The molecule has 246 valence electrons. The number of methoxy groups -OCH3 is 1. The summed E-state index contributed by atoms with van der Waals surface area (Å²) in [7, 11) is 1.52. The second-order valence-electron chi connectivity index (χ2n) is 9.26. The summed E-state index contributed by atoms with van der Waals surface area (Å²) in [6.07, 6.45) is -4.85. The third-order valence-corrected chi connectivity index (χ3v) is 5.69. The topological polar surface area (TPSA) is 67.9 Å².